The predicted molar refractivity (Wildman–Crippen MR) is 202 cm³/mol. The maximum atomic E-state index is 6.66. The van der Waals surface area contributed by atoms with Crippen molar-refractivity contribution in [3.8, 4) is 56.7 Å². The van der Waals surface area contributed by atoms with E-state index in [4.69, 9.17) is 24.4 Å². The minimum absolute atomic E-state index is 0.0927. The number of fused-ring (bicyclic) bond motifs is 8. The number of nitrogens with zero attached hydrogens (tertiary/aromatic N) is 4. The van der Waals surface area contributed by atoms with Gasteiger partial charge < -0.3 is 4.42 Å². The van der Waals surface area contributed by atoms with E-state index >= 15 is 0 Å². The van der Waals surface area contributed by atoms with Crippen LogP contribution in [0.25, 0.3) is 89.4 Å². The molecule has 1 aliphatic carbocycles. The first kappa shape index (κ1) is 28.5. The Kier molecular flexibility index (Phi) is 6.15. The average Bonchev–Trinajstić information content (AvgIpc) is 3.72. The molecule has 7 aromatic carbocycles. The summed E-state index contributed by atoms with van der Waals surface area (Å²) in [5.74, 6) is 2.45. The molecule has 5 nitrogen and oxygen atoms in total. The maximum absolute atomic E-state index is 6.66. The fraction of sp³-hybridized carbons (Fsp3) is 0.0667. The van der Waals surface area contributed by atoms with Gasteiger partial charge in [-0.25, -0.2) is 19.9 Å². The van der Waals surface area contributed by atoms with Crippen molar-refractivity contribution in [2.45, 2.75) is 19.3 Å². The highest BCUT2D eigenvalue weighted by Crippen LogP contribution is 2.52. The molecule has 0 aliphatic heterocycles. The molecule has 0 bridgehead atoms. The molecule has 0 N–H and O–H groups in total. The molecule has 0 saturated carbocycles. The van der Waals surface area contributed by atoms with E-state index in [0.29, 0.717) is 23.4 Å². The van der Waals surface area contributed by atoms with Gasteiger partial charge in [0.15, 0.2) is 23.1 Å². The Morgan fingerprint density at radius 2 is 1.06 bits per heavy atom. The molecule has 5 heteroatoms. The SMILES string of the molecule is CC1(C)c2ccccc2-c2c1ccc1ccc3nc(-c4ccc(-c5nc(-c6ccccc6)nc(-c6ccc7ccccc7c6)n5)cc4)oc3c21. The number of rotatable bonds is 4. The van der Waals surface area contributed by atoms with E-state index in [-0.39, 0.29) is 5.41 Å². The number of benzene rings is 7. The van der Waals surface area contributed by atoms with Crippen molar-refractivity contribution in [2.24, 2.45) is 0 Å². The molecule has 0 fully saturated rings. The molecule has 0 radical (unpaired) electrons. The first-order valence-electron chi connectivity index (χ1n) is 16.9. The summed E-state index contributed by atoms with van der Waals surface area (Å²) in [5, 5.41) is 4.58. The molecule has 0 spiro atoms. The molecule has 0 unspecified atom stereocenters. The second-order valence-corrected chi connectivity index (χ2v) is 13.5. The molecule has 0 atom stereocenters. The van der Waals surface area contributed by atoms with Crippen LogP contribution in [0.5, 0.6) is 0 Å². The van der Waals surface area contributed by atoms with E-state index in [1.807, 2.05) is 60.7 Å². The maximum Gasteiger partial charge on any atom is 0.227 e. The second kappa shape index (κ2) is 10.8. The third kappa shape index (κ3) is 4.40. The Labute approximate surface area is 289 Å². The zero-order valence-electron chi connectivity index (χ0n) is 27.6. The van der Waals surface area contributed by atoms with Crippen molar-refractivity contribution in [1.82, 2.24) is 19.9 Å². The first-order valence-corrected chi connectivity index (χ1v) is 16.9. The molecule has 2 heterocycles. The molecular weight excluding hydrogens is 613 g/mol. The standard InChI is InChI=1S/C45H30N4O/c1-45(2)35-15-9-8-14-34(35)39-36(45)24-22-28-23-25-37-40(38(28)39)50-44(46-37)31-19-17-30(18-20-31)42-47-41(29-11-4-3-5-12-29)48-43(49-42)33-21-16-27-10-6-7-13-32(27)26-33/h3-26H,1-2H3. The summed E-state index contributed by atoms with van der Waals surface area (Å²) in [6.45, 7) is 4.61. The molecule has 1 aliphatic rings. The summed E-state index contributed by atoms with van der Waals surface area (Å²) < 4.78 is 6.66. The fourth-order valence-electron chi connectivity index (χ4n) is 7.55. The topological polar surface area (TPSA) is 64.7 Å². The van der Waals surface area contributed by atoms with E-state index in [2.05, 4.69) is 98.8 Å². The Balaban J connectivity index is 1.08. The summed E-state index contributed by atoms with van der Waals surface area (Å²) in [4.78, 5) is 19.8. The van der Waals surface area contributed by atoms with Crippen LogP contribution in [0.2, 0.25) is 0 Å². The summed E-state index contributed by atoms with van der Waals surface area (Å²) in [7, 11) is 0. The Morgan fingerprint density at radius 1 is 0.460 bits per heavy atom. The molecule has 9 aromatic rings. The van der Waals surface area contributed by atoms with Gasteiger partial charge in [0.25, 0.3) is 0 Å². The number of aromatic nitrogens is 4. The normalized spacial score (nSPS) is 13.2. The van der Waals surface area contributed by atoms with Crippen molar-refractivity contribution in [2.75, 3.05) is 0 Å². The van der Waals surface area contributed by atoms with Gasteiger partial charge in [-0.3, -0.25) is 0 Å². The van der Waals surface area contributed by atoms with Crippen LogP contribution in [0.3, 0.4) is 0 Å². The lowest BCUT2D eigenvalue weighted by molar-refractivity contribution is 0.623. The lowest BCUT2D eigenvalue weighted by atomic mass is 9.82. The van der Waals surface area contributed by atoms with Gasteiger partial charge in [0.2, 0.25) is 5.89 Å². The van der Waals surface area contributed by atoms with Gasteiger partial charge in [-0.05, 0) is 62.7 Å². The van der Waals surface area contributed by atoms with E-state index in [1.165, 1.54) is 27.6 Å². The third-order valence-corrected chi connectivity index (χ3v) is 10.1. The zero-order chi connectivity index (χ0) is 33.4. The number of oxazole rings is 1. The lowest BCUT2D eigenvalue weighted by Gasteiger charge is -2.21. The lowest BCUT2D eigenvalue weighted by Crippen LogP contribution is -2.14. The van der Waals surface area contributed by atoms with Crippen LogP contribution in [-0.4, -0.2) is 19.9 Å². The molecule has 0 saturated heterocycles. The molecular formula is C45H30N4O. The van der Waals surface area contributed by atoms with E-state index in [1.54, 1.807) is 0 Å². The summed E-state index contributed by atoms with van der Waals surface area (Å²) in [6.07, 6.45) is 0. The van der Waals surface area contributed by atoms with Gasteiger partial charge in [0.1, 0.15) is 5.52 Å². The Hall–Kier alpha value is -6.46. The Bertz CT molecular complexity index is 2780. The van der Waals surface area contributed by atoms with Gasteiger partial charge in [0, 0.05) is 33.1 Å². The summed E-state index contributed by atoms with van der Waals surface area (Å²) >= 11 is 0. The monoisotopic (exact) mass is 642 g/mol. The summed E-state index contributed by atoms with van der Waals surface area (Å²) in [5.41, 5.74) is 10.4. The van der Waals surface area contributed by atoms with Gasteiger partial charge >= 0.3 is 0 Å². The highest BCUT2D eigenvalue weighted by atomic mass is 16.3. The van der Waals surface area contributed by atoms with E-state index in [9.17, 15) is 0 Å². The van der Waals surface area contributed by atoms with Crippen molar-refractivity contribution >= 4 is 32.6 Å². The van der Waals surface area contributed by atoms with Crippen molar-refractivity contribution in [3.63, 3.8) is 0 Å². The minimum Gasteiger partial charge on any atom is -0.435 e. The molecule has 10 rings (SSSR count). The highest BCUT2D eigenvalue weighted by molar-refractivity contribution is 6.14. The smallest absolute Gasteiger partial charge is 0.227 e. The van der Waals surface area contributed by atoms with Gasteiger partial charge in [-0.15, -0.1) is 0 Å². The van der Waals surface area contributed by atoms with Crippen LogP contribution in [0.1, 0.15) is 25.0 Å². The largest absolute Gasteiger partial charge is 0.435 e. The van der Waals surface area contributed by atoms with Crippen LogP contribution in [-0.2, 0) is 5.41 Å². The highest BCUT2D eigenvalue weighted by Gasteiger charge is 2.36. The van der Waals surface area contributed by atoms with Crippen molar-refractivity contribution in [1.29, 1.82) is 0 Å². The van der Waals surface area contributed by atoms with Crippen molar-refractivity contribution < 1.29 is 4.42 Å². The van der Waals surface area contributed by atoms with Gasteiger partial charge in [0.05, 0.1) is 0 Å². The van der Waals surface area contributed by atoms with Gasteiger partial charge in [-0.1, -0.05) is 135 Å². The Morgan fingerprint density at radius 3 is 1.86 bits per heavy atom. The van der Waals surface area contributed by atoms with Crippen LogP contribution < -0.4 is 0 Å². The quantitative estimate of drug-likeness (QED) is 0.191. The van der Waals surface area contributed by atoms with Crippen molar-refractivity contribution in [3.05, 3.63) is 157 Å². The molecule has 2 aromatic heterocycles. The van der Waals surface area contributed by atoms with E-state index < -0.39 is 0 Å². The fourth-order valence-corrected chi connectivity index (χ4v) is 7.55. The first-order chi connectivity index (χ1) is 24.5. The van der Waals surface area contributed by atoms with E-state index in [0.717, 1.165) is 49.5 Å². The third-order valence-electron chi connectivity index (χ3n) is 10.1. The number of hydrogen-bond acceptors (Lipinski definition) is 5. The van der Waals surface area contributed by atoms with Gasteiger partial charge in [-0.2, -0.15) is 0 Å². The van der Waals surface area contributed by atoms with Crippen LogP contribution in [0.4, 0.5) is 0 Å². The molecule has 236 valence electrons. The molecule has 50 heavy (non-hydrogen) atoms. The zero-order valence-corrected chi connectivity index (χ0v) is 27.6. The second-order valence-electron chi connectivity index (χ2n) is 13.5. The molecule has 0 amide bonds. The average molecular weight is 643 g/mol. The predicted octanol–water partition coefficient (Wildman–Crippen LogP) is 11.3. The minimum atomic E-state index is -0.0927. The van der Waals surface area contributed by atoms with Crippen LogP contribution in [0.15, 0.2) is 150 Å². The van der Waals surface area contributed by atoms with Crippen LogP contribution >= 0.6 is 0 Å². The van der Waals surface area contributed by atoms with Crippen LogP contribution in [0, 0.1) is 0 Å². The number of hydrogen-bond donors (Lipinski definition) is 0. The summed E-state index contributed by atoms with van der Waals surface area (Å²) in [6, 6.07) is 50.3.